The average Bonchev–Trinajstić information content (AvgIpc) is 3.03. The van der Waals surface area contributed by atoms with E-state index in [1.54, 1.807) is 6.92 Å². The summed E-state index contributed by atoms with van der Waals surface area (Å²) in [4.78, 5) is 11.4. The number of carbonyl (C=O) groups excluding carboxylic acids is 1. The van der Waals surface area contributed by atoms with Crippen molar-refractivity contribution in [2.24, 2.45) is 47.3 Å². The molecule has 26 heavy (non-hydrogen) atoms. The minimum Gasteiger partial charge on any atom is -0.393 e. The molecule has 4 saturated carbocycles. The molecule has 0 aromatic carbocycles. The molecule has 4 fully saturated rings. The molecular weight excluding hydrogens is 324 g/mol. The summed E-state index contributed by atoms with van der Waals surface area (Å²) in [5, 5.41) is 21.1. The molecule has 0 bridgehead atoms. The Kier molecular flexibility index (Phi) is 5.49. The summed E-state index contributed by atoms with van der Waals surface area (Å²) < 4.78 is 0. The van der Waals surface area contributed by atoms with E-state index in [9.17, 15) is 15.0 Å². The Morgan fingerprint density at radius 1 is 0.923 bits per heavy atom. The largest absolute Gasteiger partial charge is 0.393 e. The lowest BCUT2D eigenvalue weighted by Gasteiger charge is -2.54. The van der Waals surface area contributed by atoms with Crippen molar-refractivity contribution in [2.75, 3.05) is 0 Å². The van der Waals surface area contributed by atoms with Gasteiger partial charge in [0.25, 0.3) is 0 Å². The van der Waals surface area contributed by atoms with Gasteiger partial charge in [0.15, 0.2) is 0 Å². The third-order valence-corrected chi connectivity index (χ3v) is 8.99. The standard InChI is InChI=1S/C23H38O3/c1-13(3-4-14(2)24)17-7-9-21-19(17)8-10-20-18-6-5-16(25)11-15(18)12-22(26)23(20)21/h13,15-23,25-26H,3-12H2,1-2H3. The summed E-state index contributed by atoms with van der Waals surface area (Å²) in [5.74, 6) is 5.73. The highest BCUT2D eigenvalue weighted by Gasteiger charge is 2.55. The molecule has 3 nitrogen and oxygen atoms in total. The first-order valence-electron chi connectivity index (χ1n) is 11.3. The quantitative estimate of drug-likeness (QED) is 0.788. The number of rotatable bonds is 4. The summed E-state index contributed by atoms with van der Waals surface area (Å²) in [6, 6.07) is 0. The smallest absolute Gasteiger partial charge is 0.129 e. The zero-order valence-corrected chi connectivity index (χ0v) is 16.6. The fourth-order valence-corrected chi connectivity index (χ4v) is 7.92. The van der Waals surface area contributed by atoms with Crippen molar-refractivity contribution in [3.8, 4) is 0 Å². The van der Waals surface area contributed by atoms with Gasteiger partial charge in [-0.3, -0.25) is 0 Å². The molecule has 0 aromatic heterocycles. The van der Waals surface area contributed by atoms with E-state index >= 15 is 0 Å². The molecule has 148 valence electrons. The van der Waals surface area contributed by atoms with Gasteiger partial charge in [-0.1, -0.05) is 6.92 Å². The number of Topliss-reactive ketones (excluding diaryl/α,β-unsaturated/α-hetero) is 1. The molecule has 4 aliphatic rings. The van der Waals surface area contributed by atoms with Gasteiger partial charge in [0.05, 0.1) is 12.2 Å². The van der Waals surface area contributed by atoms with Gasteiger partial charge in [-0.25, -0.2) is 0 Å². The minimum absolute atomic E-state index is 0.130. The molecule has 4 aliphatic carbocycles. The molecule has 0 amide bonds. The molecule has 4 rings (SSSR count). The Morgan fingerprint density at radius 2 is 1.58 bits per heavy atom. The van der Waals surface area contributed by atoms with Crippen molar-refractivity contribution < 1.29 is 15.0 Å². The first kappa shape index (κ1) is 18.9. The summed E-state index contributed by atoms with van der Waals surface area (Å²) in [5.41, 5.74) is 0. The zero-order valence-electron chi connectivity index (χ0n) is 16.6. The third kappa shape index (κ3) is 3.39. The Hall–Kier alpha value is -0.410. The number of ketones is 1. The molecule has 0 heterocycles. The second kappa shape index (κ2) is 7.54. The Labute approximate surface area is 158 Å². The number of hydrogen-bond acceptors (Lipinski definition) is 3. The average molecular weight is 363 g/mol. The van der Waals surface area contributed by atoms with E-state index in [0.29, 0.717) is 35.4 Å². The highest BCUT2D eigenvalue weighted by Crippen LogP contribution is 2.60. The van der Waals surface area contributed by atoms with Gasteiger partial charge in [0, 0.05) is 6.42 Å². The van der Waals surface area contributed by atoms with Crippen LogP contribution in [-0.2, 0) is 4.79 Å². The van der Waals surface area contributed by atoms with E-state index in [0.717, 1.165) is 49.9 Å². The van der Waals surface area contributed by atoms with Crippen LogP contribution in [-0.4, -0.2) is 28.2 Å². The maximum absolute atomic E-state index is 11.4. The number of fused-ring (bicyclic) bond motifs is 5. The number of carbonyl (C=O) groups is 1. The zero-order chi connectivity index (χ0) is 18.4. The number of hydrogen-bond donors (Lipinski definition) is 2. The van der Waals surface area contributed by atoms with Crippen LogP contribution in [0.4, 0.5) is 0 Å². The van der Waals surface area contributed by atoms with Gasteiger partial charge in [-0.15, -0.1) is 0 Å². The summed E-state index contributed by atoms with van der Waals surface area (Å²) >= 11 is 0. The Bertz CT molecular complexity index is 518. The molecule has 10 atom stereocenters. The molecule has 0 aliphatic heterocycles. The van der Waals surface area contributed by atoms with Crippen LogP contribution in [0.5, 0.6) is 0 Å². The predicted molar refractivity (Wildman–Crippen MR) is 102 cm³/mol. The van der Waals surface area contributed by atoms with Crippen LogP contribution in [0.3, 0.4) is 0 Å². The van der Waals surface area contributed by atoms with E-state index in [-0.39, 0.29) is 12.2 Å². The molecule has 0 saturated heterocycles. The maximum Gasteiger partial charge on any atom is 0.129 e. The van der Waals surface area contributed by atoms with E-state index in [2.05, 4.69) is 6.92 Å². The highest BCUT2D eigenvalue weighted by molar-refractivity contribution is 5.75. The molecule has 0 radical (unpaired) electrons. The van der Waals surface area contributed by atoms with Gasteiger partial charge in [0.2, 0.25) is 0 Å². The molecule has 3 heteroatoms. The van der Waals surface area contributed by atoms with Crippen LogP contribution in [0.2, 0.25) is 0 Å². The van der Waals surface area contributed by atoms with Gasteiger partial charge in [0.1, 0.15) is 5.78 Å². The summed E-state index contributed by atoms with van der Waals surface area (Å²) in [6.07, 6.45) is 10.7. The third-order valence-electron chi connectivity index (χ3n) is 8.99. The maximum atomic E-state index is 11.4. The second-order valence-corrected chi connectivity index (χ2v) is 10.3. The fraction of sp³-hybridized carbons (Fsp3) is 0.957. The number of aliphatic hydroxyl groups is 2. The lowest BCUT2D eigenvalue weighted by Crippen LogP contribution is -2.52. The normalized spacial score (nSPS) is 49.0. The van der Waals surface area contributed by atoms with Crippen molar-refractivity contribution >= 4 is 5.78 Å². The fourth-order valence-electron chi connectivity index (χ4n) is 7.92. The Balaban J connectivity index is 1.46. The van der Waals surface area contributed by atoms with E-state index in [1.165, 1.54) is 32.1 Å². The minimum atomic E-state index is -0.148. The van der Waals surface area contributed by atoms with E-state index in [4.69, 9.17) is 0 Å². The van der Waals surface area contributed by atoms with Crippen molar-refractivity contribution in [3.63, 3.8) is 0 Å². The topological polar surface area (TPSA) is 57.5 Å². The van der Waals surface area contributed by atoms with Gasteiger partial charge in [-0.05, 0) is 112 Å². The Morgan fingerprint density at radius 3 is 2.35 bits per heavy atom. The molecule has 2 N–H and O–H groups in total. The molecule has 0 spiro atoms. The van der Waals surface area contributed by atoms with Crippen molar-refractivity contribution in [1.82, 2.24) is 0 Å². The van der Waals surface area contributed by atoms with Crippen LogP contribution in [0, 0.1) is 47.3 Å². The monoisotopic (exact) mass is 362 g/mol. The van der Waals surface area contributed by atoms with Crippen LogP contribution in [0.1, 0.15) is 78.1 Å². The van der Waals surface area contributed by atoms with Crippen molar-refractivity contribution in [1.29, 1.82) is 0 Å². The predicted octanol–water partition coefficient (Wildman–Crippen LogP) is 4.20. The molecule has 0 aromatic rings. The van der Waals surface area contributed by atoms with Crippen LogP contribution < -0.4 is 0 Å². The molecule has 10 unspecified atom stereocenters. The summed E-state index contributed by atoms with van der Waals surface area (Å²) in [7, 11) is 0. The van der Waals surface area contributed by atoms with Crippen LogP contribution >= 0.6 is 0 Å². The molecular formula is C23H38O3. The first-order chi connectivity index (χ1) is 12.5. The first-order valence-corrected chi connectivity index (χ1v) is 11.3. The van der Waals surface area contributed by atoms with Crippen molar-refractivity contribution in [3.05, 3.63) is 0 Å². The lowest BCUT2D eigenvalue weighted by molar-refractivity contribution is -0.117. The number of aliphatic hydroxyl groups excluding tert-OH is 2. The van der Waals surface area contributed by atoms with Crippen LogP contribution in [0.15, 0.2) is 0 Å². The van der Waals surface area contributed by atoms with Gasteiger partial charge < -0.3 is 15.0 Å². The van der Waals surface area contributed by atoms with Crippen LogP contribution in [0.25, 0.3) is 0 Å². The van der Waals surface area contributed by atoms with E-state index in [1.807, 2.05) is 0 Å². The lowest BCUT2D eigenvalue weighted by atomic mass is 9.52. The SMILES string of the molecule is CC(=O)CCC(C)C1CCC2C1CCC1C3CCC(O)CC3CC(O)C12. The van der Waals surface area contributed by atoms with Crippen molar-refractivity contribution in [2.45, 2.75) is 90.3 Å². The van der Waals surface area contributed by atoms with Gasteiger partial charge in [-0.2, -0.15) is 0 Å². The highest BCUT2D eigenvalue weighted by atomic mass is 16.3. The van der Waals surface area contributed by atoms with Gasteiger partial charge >= 0.3 is 0 Å². The van der Waals surface area contributed by atoms with E-state index < -0.39 is 0 Å². The summed E-state index contributed by atoms with van der Waals surface area (Å²) in [6.45, 7) is 4.07. The second-order valence-electron chi connectivity index (χ2n) is 10.3.